The van der Waals surface area contributed by atoms with Gasteiger partial charge in [0.15, 0.2) is 8.07 Å². The van der Waals surface area contributed by atoms with Crippen LogP contribution < -0.4 is 30.1 Å². The summed E-state index contributed by atoms with van der Waals surface area (Å²) < 4.78 is 221. The van der Waals surface area contributed by atoms with E-state index in [0.29, 0.717) is 44.3 Å². The molecule has 0 unspecified atom stereocenters. The molecule has 0 atom stereocenters. The van der Waals surface area contributed by atoms with Gasteiger partial charge in [0, 0.05) is 54.0 Å². The van der Waals surface area contributed by atoms with Gasteiger partial charge in [-0.15, -0.1) is 29.7 Å². The van der Waals surface area contributed by atoms with Crippen LogP contribution >= 0.6 is 0 Å². The van der Waals surface area contributed by atoms with Crippen LogP contribution in [0.2, 0.25) is 0 Å². The first-order valence-electron chi connectivity index (χ1n) is 35.9. The van der Waals surface area contributed by atoms with E-state index in [1.54, 1.807) is 98.6 Å². The number of benzene rings is 10. The second kappa shape index (κ2) is 20.7. The number of pyridine rings is 1. The molecule has 0 amide bonds. The van der Waals surface area contributed by atoms with E-state index in [2.05, 4.69) is 23.4 Å². The van der Waals surface area contributed by atoms with Crippen LogP contribution in [0.4, 0.5) is 0 Å². The molecule has 0 saturated heterocycles. The zero-order valence-electron chi connectivity index (χ0n) is 64.7. The zero-order chi connectivity index (χ0) is 72.0. The van der Waals surface area contributed by atoms with E-state index in [9.17, 15) is 16.4 Å². The van der Waals surface area contributed by atoms with Gasteiger partial charge < -0.3 is 13.9 Å². The maximum absolute atomic E-state index is 9.93. The van der Waals surface area contributed by atoms with Crippen molar-refractivity contribution in [2.45, 2.75) is 33.0 Å². The Bertz CT molecular complexity index is 5390. The predicted molar refractivity (Wildman–Crippen MR) is 318 cm³/mol. The fourth-order valence-corrected chi connectivity index (χ4v) is 14.0. The number of fused-ring (bicyclic) bond motifs is 4. The van der Waals surface area contributed by atoms with E-state index in [1.807, 2.05) is 51.1 Å². The third-order valence-electron chi connectivity index (χ3n) is 13.6. The van der Waals surface area contributed by atoms with E-state index in [-0.39, 0.29) is 65.9 Å². The number of para-hydroxylation sites is 4. The van der Waals surface area contributed by atoms with Crippen molar-refractivity contribution in [3.63, 3.8) is 0 Å². The van der Waals surface area contributed by atoms with Crippen LogP contribution in [-0.4, -0.2) is 22.2 Å². The van der Waals surface area contributed by atoms with Gasteiger partial charge in [0.25, 0.3) is 6.33 Å². The largest absolute Gasteiger partial charge is 0.510 e. The van der Waals surface area contributed by atoms with E-state index in [1.165, 1.54) is 18.3 Å². The van der Waals surface area contributed by atoms with Crippen molar-refractivity contribution in [2.24, 2.45) is 0 Å². The number of nitrogens with zero attached hydrogens (tertiary/aromatic N) is 4. The van der Waals surface area contributed by atoms with Gasteiger partial charge in [0.2, 0.25) is 0 Å². The molecular formula is C71H54N4OPtSi-2. The average Bonchev–Trinajstić information content (AvgIpc) is 0.955. The number of rotatable bonds is 11. The normalized spacial score (nSPS) is 16.1. The average molecular weight is 1230 g/mol. The Hall–Kier alpha value is -8.67. The number of aromatic nitrogens is 4. The number of hydrogen-bond donors (Lipinski definition) is 0. The summed E-state index contributed by atoms with van der Waals surface area (Å²) in [5.41, 5.74) is 2.49. The molecule has 0 spiro atoms. The maximum atomic E-state index is 9.93. The molecule has 10 aromatic carbocycles. The summed E-state index contributed by atoms with van der Waals surface area (Å²) in [6.45, 7) is 3.15. The Morgan fingerprint density at radius 2 is 1.21 bits per heavy atom. The summed E-state index contributed by atoms with van der Waals surface area (Å²) in [7, 11) is -5.81. The molecule has 13 rings (SSSR count). The van der Waals surface area contributed by atoms with E-state index >= 15 is 0 Å². The van der Waals surface area contributed by atoms with Gasteiger partial charge in [0.1, 0.15) is 5.82 Å². The molecule has 0 bridgehead atoms. The van der Waals surface area contributed by atoms with Gasteiger partial charge >= 0.3 is 0 Å². The Morgan fingerprint density at radius 3 is 1.90 bits per heavy atom. The van der Waals surface area contributed by atoms with Crippen LogP contribution in [0.1, 0.15) is 63.4 Å². The molecule has 0 N–H and O–H groups in total. The summed E-state index contributed by atoms with van der Waals surface area (Å²) in [5.74, 6) is 0.382. The van der Waals surface area contributed by atoms with Crippen molar-refractivity contribution in [2.75, 3.05) is 0 Å². The molecule has 0 aliphatic rings. The molecule has 0 radical (unpaired) electrons. The molecule has 13 aromatic rings. The molecule has 0 aliphatic heterocycles. The fourth-order valence-electron chi connectivity index (χ4n) is 10.0. The molecule has 0 fully saturated rings. The quantitative estimate of drug-likeness (QED) is 0.0560. The van der Waals surface area contributed by atoms with Crippen molar-refractivity contribution >= 4 is 61.7 Å². The van der Waals surface area contributed by atoms with Crippen molar-refractivity contribution in [3.8, 4) is 50.9 Å². The van der Waals surface area contributed by atoms with E-state index in [4.69, 9.17) is 19.8 Å². The minimum absolute atomic E-state index is 0. The third kappa shape index (κ3) is 8.81. The van der Waals surface area contributed by atoms with Crippen LogP contribution in [0.15, 0.2) is 254 Å². The van der Waals surface area contributed by atoms with Gasteiger partial charge in [-0.25, -0.2) is 4.98 Å². The molecule has 380 valence electrons. The number of hydrogen-bond acceptors (Lipinski definition) is 2. The molecule has 0 saturated carbocycles. The molecule has 3 aromatic heterocycles. The van der Waals surface area contributed by atoms with Crippen molar-refractivity contribution in [3.05, 3.63) is 284 Å². The Balaban J connectivity index is 0.00000965. The van der Waals surface area contributed by atoms with E-state index < -0.39 is 157 Å². The van der Waals surface area contributed by atoms with Gasteiger partial charge in [-0.2, -0.15) is 18.2 Å². The Kier molecular flexibility index (Phi) is 8.04. The topological polar surface area (TPSA) is 35.9 Å². The first kappa shape index (κ1) is 30.3. The number of aryl methyl sites for hydroxylation is 1. The van der Waals surface area contributed by atoms with Gasteiger partial charge in [0.05, 0.1) is 44.1 Å². The molecule has 78 heavy (non-hydrogen) atoms. The van der Waals surface area contributed by atoms with Crippen LogP contribution in [0, 0.1) is 25.3 Å². The van der Waals surface area contributed by atoms with Gasteiger partial charge in [-0.3, -0.25) is 4.57 Å². The van der Waals surface area contributed by atoms with Gasteiger partial charge in [-0.05, 0) is 84.0 Å². The zero-order valence-corrected chi connectivity index (χ0v) is 45.0. The molecule has 3 heterocycles. The van der Waals surface area contributed by atoms with Crippen molar-refractivity contribution < 1.29 is 61.9 Å². The molecule has 5 nitrogen and oxygen atoms in total. The van der Waals surface area contributed by atoms with Crippen molar-refractivity contribution in [1.29, 1.82) is 0 Å². The van der Waals surface area contributed by atoms with E-state index in [0.717, 1.165) is 10.9 Å². The number of imidazole rings is 1. The smallest absolute Gasteiger partial charge is 0.268 e. The van der Waals surface area contributed by atoms with Gasteiger partial charge in [-0.1, -0.05) is 232 Å². The second-order valence-corrected chi connectivity index (χ2v) is 22.6. The van der Waals surface area contributed by atoms with Crippen LogP contribution in [0.5, 0.6) is 11.5 Å². The summed E-state index contributed by atoms with van der Waals surface area (Å²) in [6, 6.07) is 26.2. The fraction of sp³-hybridized carbons (Fsp3) is 0.0704. The summed E-state index contributed by atoms with van der Waals surface area (Å²) in [6.07, 6.45) is 4.68. The minimum Gasteiger partial charge on any atom is -0.510 e. The monoisotopic (exact) mass is 1220 g/mol. The Labute approximate surface area is 503 Å². The summed E-state index contributed by atoms with van der Waals surface area (Å²) in [4.78, 5) is 4.69. The van der Waals surface area contributed by atoms with Crippen LogP contribution in [0.25, 0.3) is 72.3 Å². The first-order chi connectivity index (χ1) is 47.2. The van der Waals surface area contributed by atoms with Crippen LogP contribution in [0.3, 0.4) is 0 Å². The second-order valence-electron chi connectivity index (χ2n) is 19.1. The first-order valence-corrected chi connectivity index (χ1v) is 26.4. The molecule has 0 aliphatic carbocycles. The Morgan fingerprint density at radius 1 is 0.577 bits per heavy atom. The standard InChI is InChI=1S/C71H54N4OSi.Pt/c1-50-44-69(72-48-63(50)51-24-9-5-10-25-51)75-64-38-18-17-36-61(64)62-43-42-56(47-67(62)75)76-55-29-22-28-54(46-55)73-49-74(66-40-20-19-39-65(66)73)70-60(52-26-21-27-53(45-52)71(2,3)4)37-23-41-68(70)77(57-30-11-6-12-31-57,58-32-13-7-14-33-58)59-34-15-8-16-35-59;/h5-45,48H,1-4H3;/q-2;/i1D3,5D,6D,7D,8D,9D,10D,11D,12D,13D,14D,15D,16D,24D,25D,30D,31D,32D,33D,34D,35D;. The third-order valence-corrected chi connectivity index (χ3v) is 17.8. The summed E-state index contributed by atoms with van der Waals surface area (Å²) in [5, 5.41) is -0.756. The predicted octanol–water partition coefficient (Wildman–Crippen LogP) is 13.9. The number of ether oxygens (including phenoxy) is 1. The summed E-state index contributed by atoms with van der Waals surface area (Å²) >= 11 is 0. The van der Waals surface area contributed by atoms with Crippen molar-refractivity contribution in [1.82, 2.24) is 14.1 Å². The molecule has 7 heteroatoms. The van der Waals surface area contributed by atoms with Crippen LogP contribution in [-0.2, 0) is 26.5 Å². The maximum Gasteiger partial charge on any atom is 0.268 e. The minimum atomic E-state index is -5.81. The SMILES string of the molecule is [2H]c1c([2H])c([2H])c(-c2cnc(-n3c4[c-]c(Oc5[c-]c(-n6[c-][n+](-c7c(-c8cccc(C(C)(C)C)c8)cccc7[Si](c7c([2H])c([2H])c([2H])c([2H])c7[2H])(c7c([2H])c([2H])c([2H])c([2H])c7[2H])c7c([2H])c([2H])c([2H])c([2H])c7[2H])c7ccccc76)ccc5)ccc4c4ccccc43)cc2C([2H])([2H])[2H])c([2H])c1[2H].[Pt]. The molecular weight excluding hydrogens is 1150 g/mol.